The van der Waals surface area contributed by atoms with E-state index in [4.69, 9.17) is 5.11 Å². The highest BCUT2D eigenvalue weighted by Gasteiger charge is 2.05. The maximum absolute atomic E-state index is 11.5. The van der Waals surface area contributed by atoms with Gasteiger partial charge in [-0.15, -0.1) is 0 Å². The first-order valence-electron chi connectivity index (χ1n) is 5.67. The average molecular weight is 293 g/mol. The molecule has 0 fully saturated rings. The van der Waals surface area contributed by atoms with Crippen molar-refractivity contribution in [3.05, 3.63) is 35.4 Å². The molecule has 0 atom stereocenters. The van der Waals surface area contributed by atoms with Crippen LogP contribution in [0.25, 0.3) is 0 Å². The largest absolute Gasteiger partial charge is 0.478 e. The van der Waals surface area contributed by atoms with E-state index in [0.717, 1.165) is 17.1 Å². The van der Waals surface area contributed by atoms with Crippen molar-refractivity contribution in [3.8, 4) is 0 Å². The summed E-state index contributed by atoms with van der Waals surface area (Å²) in [5, 5.41) is 21.2. The maximum Gasteiger partial charge on any atom is 0.335 e. The highest BCUT2D eigenvalue weighted by atomic mass is 32.1. The van der Waals surface area contributed by atoms with E-state index in [0.29, 0.717) is 18.1 Å². The normalized spacial score (nSPS) is 10.0. The molecule has 3 N–H and O–H groups in total. The van der Waals surface area contributed by atoms with Gasteiger partial charge in [0.05, 0.1) is 5.56 Å². The van der Waals surface area contributed by atoms with Crippen LogP contribution in [0, 0.1) is 0 Å². The zero-order valence-corrected chi connectivity index (χ0v) is 11.1. The topological polar surface area (TPSA) is 117 Å². The number of amides is 2. The number of aromatic carboxylic acids is 1. The fourth-order valence-electron chi connectivity index (χ4n) is 1.46. The molecule has 0 unspecified atom stereocenters. The summed E-state index contributed by atoms with van der Waals surface area (Å²) in [6.07, 6.45) is 0.599. The first kappa shape index (κ1) is 13.9. The van der Waals surface area contributed by atoms with Crippen LogP contribution in [-0.2, 0) is 6.42 Å². The fraction of sp³-hybridized carbons (Fsp3) is 0.182. The van der Waals surface area contributed by atoms with E-state index in [2.05, 4.69) is 25.4 Å². The SMILES string of the molecule is O=C(NCCc1ccc(C(=O)O)cc1)Nc1nnns1. The Labute approximate surface area is 118 Å². The summed E-state index contributed by atoms with van der Waals surface area (Å²) in [7, 11) is 0. The number of carbonyl (C=O) groups is 2. The van der Waals surface area contributed by atoms with Crippen molar-refractivity contribution in [3.63, 3.8) is 0 Å². The summed E-state index contributed by atoms with van der Waals surface area (Å²) in [5.41, 5.74) is 1.18. The average Bonchev–Trinajstić information content (AvgIpc) is 2.92. The number of urea groups is 1. The molecule has 1 heterocycles. The summed E-state index contributed by atoms with van der Waals surface area (Å²) in [6, 6.07) is 6.12. The smallest absolute Gasteiger partial charge is 0.335 e. The van der Waals surface area contributed by atoms with Gasteiger partial charge in [0.1, 0.15) is 0 Å². The lowest BCUT2D eigenvalue weighted by atomic mass is 10.1. The molecule has 1 aromatic carbocycles. The lowest BCUT2D eigenvalue weighted by Crippen LogP contribution is -2.30. The predicted molar refractivity (Wildman–Crippen MR) is 71.8 cm³/mol. The molecule has 0 saturated carbocycles. The Kier molecular flexibility index (Phi) is 4.56. The number of carbonyl (C=O) groups excluding carboxylic acids is 1. The molecular weight excluding hydrogens is 282 g/mol. The van der Waals surface area contributed by atoms with E-state index >= 15 is 0 Å². The standard InChI is InChI=1S/C11H11N5O3S/c17-9(18)8-3-1-7(2-4-8)5-6-12-10(19)13-11-14-15-16-20-11/h1-4H,5-6H2,(H,17,18)(H2,12,13,14,16,19). The van der Waals surface area contributed by atoms with Gasteiger partial charge in [-0.1, -0.05) is 21.7 Å². The minimum atomic E-state index is -0.959. The second-order valence-electron chi connectivity index (χ2n) is 3.80. The monoisotopic (exact) mass is 293 g/mol. The highest BCUT2D eigenvalue weighted by Crippen LogP contribution is 2.05. The molecule has 2 amide bonds. The van der Waals surface area contributed by atoms with Crippen LogP contribution in [0.5, 0.6) is 0 Å². The van der Waals surface area contributed by atoms with Crippen LogP contribution < -0.4 is 10.6 Å². The van der Waals surface area contributed by atoms with Gasteiger partial charge in [-0.3, -0.25) is 5.32 Å². The first-order chi connectivity index (χ1) is 9.65. The van der Waals surface area contributed by atoms with Gasteiger partial charge in [0.2, 0.25) is 5.13 Å². The Morgan fingerprint density at radius 2 is 2.00 bits per heavy atom. The van der Waals surface area contributed by atoms with E-state index in [1.165, 1.54) is 12.1 Å². The third-order valence-corrected chi connectivity index (χ3v) is 2.93. The van der Waals surface area contributed by atoms with Crippen LogP contribution in [0.15, 0.2) is 24.3 Å². The quantitative estimate of drug-likeness (QED) is 0.757. The van der Waals surface area contributed by atoms with E-state index in [1.54, 1.807) is 12.1 Å². The van der Waals surface area contributed by atoms with E-state index in [-0.39, 0.29) is 11.6 Å². The number of rotatable bonds is 5. The van der Waals surface area contributed by atoms with Crippen LogP contribution in [0.2, 0.25) is 0 Å². The Bertz CT molecular complexity index is 585. The molecule has 20 heavy (non-hydrogen) atoms. The number of carboxylic acids is 1. The molecule has 0 aliphatic rings. The lowest BCUT2D eigenvalue weighted by Gasteiger charge is -2.05. The minimum Gasteiger partial charge on any atom is -0.478 e. The van der Waals surface area contributed by atoms with Gasteiger partial charge in [-0.25, -0.2) is 9.59 Å². The summed E-state index contributed by atoms with van der Waals surface area (Å²) in [5.74, 6) is -0.959. The van der Waals surface area contributed by atoms with E-state index in [9.17, 15) is 9.59 Å². The third kappa shape index (κ3) is 3.99. The number of benzene rings is 1. The molecule has 8 nitrogen and oxygen atoms in total. The number of hydrogen-bond acceptors (Lipinski definition) is 6. The van der Waals surface area contributed by atoms with Gasteiger partial charge in [0.15, 0.2) is 0 Å². The van der Waals surface area contributed by atoms with Gasteiger partial charge < -0.3 is 10.4 Å². The van der Waals surface area contributed by atoms with Gasteiger partial charge >= 0.3 is 12.0 Å². The molecule has 0 bridgehead atoms. The van der Waals surface area contributed by atoms with Crippen LogP contribution in [0.3, 0.4) is 0 Å². The maximum atomic E-state index is 11.5. The molecule has 2 rings (SSSR count). The molecule has 0 aliphatic heterocycles. The van der Waals surface area contributed by atoms with Gasteiger partial charge in [0, 0.05) is 18.1 Å². The molecule has 2 aromatic rings. The minimum absolute atomic E-state index is 0.239. The molecule has 0 spiro atoms. The Hall–Kier alpha value is -2.55. The first-order valence-corrected chi connectivity index (χ1v) is 6.44. The van der Waals surface area contributed by atoms with E-state index < -0.39 is 5.97 Å². The van der Waals surface area contributed by atoms with Crippen molar-refractivity contribution in [2.24, 2.45) is 0 Å². The number of nitrogens with one attached hydrogen (secondary N) is 2. The van der Waals surface area contributed by atoms with Gasteiger partial charge in [0.25, 0.3) is 0 Å². The lowest BCUT2D eigenvalue weighted by molar-refractivity contribution is 0.0697. The molecule has 9 heteroatoms. The zero-order valence-electron chi connectivity index (χ0n) is 10.2. The fourth-order valence-corrected chi connectivity index (χ4v) is 1.82. The van der Waals surface area contributed by atoms with Crippen LogP contribution in [0.1, 0.15) is 15.9 Å². The molecule has 104 valence electrons. The van der Waals surface area contributed by atoms with Crippen LogP contribution in [0.4, 0.5) is 9.93 Å². The molecule has 1 aromatic heterocycles. The summed E-state index contributed by atoms with van der Waals surface area (Å²) < 4.78 is 3.52. The van der Waals surface area contributed by atoms with Crippen molar-refractivity contribution in [2.75, 3.05) is 11.9 Å². The van der Waals surface area contributed by atoms with E-state index in [1.807, 2.05) is 0 Å². The zero-order chi connectivity index (χ0) is 14.4. The van der Waals surface area contributed by atoms with Crippen molar-refractivity contribution in [2.45, 2.75) is 6.42 Å². The van der Waals surface area contributed by atoms with Gasteiger partial charge in [-0.05, 0) is 29.3 Å². The summed E-state index contributed by atoms with van der Waals surface area (Å²) in [4.78, 5) is 22.1. The number of nitrogens with zero attached hydrogens (tertiary/aromatic N) is 3. The Morgan fingerprint density at radius 1 is 1.25 bits per heavy atom. The van der Waals surface area contributed by atoms with Crippen molar-refractivity contribution >= 4 is 28.7 Å². The Balaban J connectivity index is 1.75. The van der Waals surface area contributed by atoms with Gasteiger partial charge in [-0.2, -0.15) is 0 Å². The molecule has 0 radical (unpaired) electrons. The number of hydrogen-bond donors (Lipinski definition) is 3. The second-order valence-corrected chi connectivity index (χ2v) is 4.53. The predicted octanol–water partition coefficient (Wildman–Crippen LogP) is 0.996. The summed E-state index contributed by atoms with van der Waals surface area (Å²) in [6.45, 7) is 0.421. The number of anilines is 1. The van der Waals surface area contributed by atoms with Crippen molar-refractivity contribution < 1.29 is 14.7 Å². The molecule has 0 saturated heterocycles. The number of carboxylic acid groups (broad SMARTS) is 1. The highest BCUT2D eigenvalue weighted by molar-refractivity contribution is 7.09. The third-order valence-electron chi connectivity index (χ3n) is 2.42. The summed E-state index contributed by atoms with van der Waals surface area (Å²) >= 11 is 0.986. The van der Waals surface area contributed by atoms with Crippen molar-refractivity contribution in [1.29, 1.82) is 0 Å². The van der Waals surface area contributed by atoms with Crippen LogP contribution >= 0.6 is 11.5 Å². The molecular formula is C11H11N5O3S. The Morgan fingerprint density at radius 3 is 2.60 bits per heavy atom. The number of aromatic nitrogens is 3. The molecule has 0 aliphatic carbocycles. The van der Waals surface area contributed by atoms with Crippen molar-refractivity contribution in [1.82, 2.24) is 20.1 Å². The second kappa shape index (κ2) is 6.57. The van der Waals surface area contributed by atoms with Crippen LogP contribution in [-0.4, -0.2) is 38.5 Å².